The molecule has 0 spiro atoms. The second kappa shape index (κ2) is 9.44. The van der Waals surface area contributed by atoms with Gasteiger partial charge in [-0.3, -0.25) is 0 Å². The third kappa shape index (κ3) is 4.89. The van der Waals surface area contributed by atoms with E-state index >= 15 is 0 Å². The first kappa shape index (κ1) is 18.5. The molecule has 0 unspecified atom stereocenters. The molecule has 0 N–H and O–H groups in total. The van der Waals surface area contributed by atoms with Crippen molar-refractivity contribution in [3.8, 4) is 0 Å². The van der Waals surface area contributed by atoms with Crippen LogP contribution in [0.1, 0.15) is 74.1 Å². The second-order valence-corrected chi connectivity index (χ2v) is 11.9. The molecule has 0 saturated carbocycles. The van der Waals surface area contributed by atoms with Gasteiger partial charge < -0.3 is 0 Å². The summed E-state index contributed by atoms with van der Waals surface area (Å²) >= 11 is 1.20. The van der Waals surface area contributed by atoms with E-state index in [2.05, 4.69) is 38.1 Å². The summed E-state index contributed by atoms with van der Waals surface area (Å²) in [5.74, 6) is 0. The Kier molecular flexibility index (Phi) is 7.29. The fourth-order valence-corrected chi connectivity index (χ4v) is 8.15. The number of hydrogen-bond donors (Lipinski definition) is 0. The number of benzene rings is 1. The molecular formula is C22H30Se2. The molecule has 3 aromatic rings. The SMILES string of the molecule is CCCCCCc1cc2cc3[se]c(CCCCCC)cc3cc2[se]1. The van der Waals surface area contributed by atoms with E-state index in [4.69, 9.17) is 0 Å². The molecule has 0 aliphatic heterocycles. The van der Waals surface area contributed by atoms with Crippen molar-refractivity contribution in [3.05, 3.63) is 33.1 Å². The van der Waals surface area contributed by atoms with E-state index in [1.807, 2.05) is 0 Å². The summed E-state index contributed by atoms with van der Waals surface area (Å²) in [7, 11) is 0. The average Bonchev–Trinajstić information content (AvgIpc) is 3.15. The summed E-state index contributed by atoms with van der Waals surface area (Å²) in [6, 6.07) is 10.1. The van der Waals surface area contributed by atoms with E-state index in [0.29, 0.717) is 29.0 Å². The summed E-state index contributed by atoms with van der Waals surface area (Å²) in [6.07, 6.45) is 13.7. The molecule has 130 valence electrons. The molecule has 0 bridgehead atoms. The summed E-state index contributed by atoms with van der Waals surface area (Å²) < 4.78 is 6.75. The van der Waals surface area contributed by atoms with Crippen LogP contribution in [-0.4, -0.2) is 29.0 Å². The third-order valence-corrected chi connectivity index (χ3v) is 9.67. The predicted molar refractivity (Wildman–Crippen MR) is 111 cm³/mol. The molecule has 0 saturated heterocycles. The molecule has 0 fully saturated rings. The van der Waals surface area contributed by atoms with Gasteiger partial charge in [-0.15, -0.1) is 0 Å². The Labute approximate surface area is 159 Å². The van der Waals surface area contributed by atoms with Gasteiger partial charge >= 0.3 is 159 Å². The molecule has 2 heterocycles. The first-order valence-electron chi connectivity index (χ1n) is 9.75. The molecule has 0 amide bonds. The first-order chi connectivity index (χ1) is 11.8. The Morgan fingerprint density at radius 2 is 1.04 bits per heavy atom. The van der Waals surface area contributed by atoms with Gasteiger partial charge in [0, 0.05) is 0 Å². The van der Waals surface area contributed by atoms with Crippen LogP contribution in [0.25, 0.3) is 19.3 Å². The summed E-state index contributed by atoms with van der Waals surface area (Å²) in [6.45, 7) is 4.59. The van der Waals surface area contributed by atoms with Crippen LogP contribution in [0.2, 0.25) is 0 Å². The minimum atomic E-state index is 0.599. The number of unbranched alkanes of at least 4 members (excludes halogenated alkanes) is 6. The number of hydrogen-bond acceptors (Lipinski definition) is 0. The third-order valence-electron chi connectivity index (χ3n) is 4.81. The van der Waals surface area contributed by atoms with Crippen molar-refractivity contribution >= 4 is 48.3 Å². The minimum absolute atomic E-state index is 0.599. The molecule has 2 aromatic heterocycles. The van der Waals surface area contributed by atoms with Crippen LogP contribution < -0.4 is 0 Å². The van der Waals surface area contributed by atoms with Gasteiger partial charge in [-0.25, -0.2) is 0 Å². The molecule has 24 heavy (non-hydrogen) atoms. The van der Waals surface area contributed by atoms with Crippen molar-refractivity contribution in [2.24, 2.45) is 0 Å². The quantitative estimate of drug-likeness (QED) is 0.248. The Bertz CT molecular complexity index is 650. The van der Waals surface area contributed by atoms with Gasteiger partial charge in [0.1, 0.15) is 0 Å². The van der Waals surface area contributed by atoms with Crippen LogP contribution in [0.15, 0.2) is 24.3 Å². The molecule has 3 rings (SSSR count). The van der Waals surface area contributed by atoms with E-state index in [0.717, 1.165) is 0 Å². The zero-order valence-electron chi connectivity index (χ0n) is 15.2. The predicted octanol–water partition coefficient (Wildman–Crippen LogP) is 6.35. The second-order valence-electron chi connectivity index (χ2n) is 6.97. The van der Waals surface area contributed by atoms with Crippen molar-refractivity contribution in [1.82, 2.24) is 0 Å². The van der Waals surface area contributed by atoms with Gasteiger partial charge in [-0.05, 0) is 0 Å². The number of rotatable bonds is 10. The Morgan fingerprint density at radius 3 is 1.46 bits per heavy atom. The van der Waals surface area contributed by atoms with Gasteiger partial charge in [0.25, 0.3) is 0 Å². The normalized spacial score (nSPS) is 11.8. The van der Waals surface area contributed by atoms with Crippen LogP contribution in [0.3, 0.4) is 0 Å². The van der Waals surface area contributed by atoms with Crippen LogP contribution in [0, 0.1) is 0 Å². The van der Waals surface area contributed by atoms with Gasteiger partial charge in [0.15, 0.2) is 0 Å². The van der Waals surface area contributed by atoms with Gasteiger partial charge in [0.2, 0.25) is 0 Å². The van der Waals surface area contributed by atoms with Gasteiger partial charge in [-0.2, -0.15) is 0 Å². The molecule has 0 radical (unpaired) electrons. The fourth-order valence-electron chi connectivity index (χ4n) is 3.38. The van der Waals surface area contributed by atoms with Crippen LogP contribution in [0.4, 0.5) is 0 Å². The molecular weight excluding hydrogens is 422 g/mol. The molecule has 0 nitrogen and oxygen atoms in total. The maximum absolute atomic E-state index is 2.53. The summed E-state index contributed by atoms with van der Waals surface area (Å²) in [5, 5.41) is 3.11. The Hall–Kier alpha value is -0.261. The van der Waals surface area contributed by atoms with Crippen molar-refractivity contribution in [1.29, 1.82) is 0 Å². The van der Waals surface area contributed by atoms with Crippen molar-refractivity contribution in [2.75, 3.05) is 0 Å². The zero-order chi connectivity index (χ0) is 16.8. The molecule has 2 heteroatoms. The topological polar surface area (TPSA) is 0 Å². The summed E-state index contributed by atoms with van der Waals surface area (Å²) in [4.78, 5) is 0. The van der Waals surface area contributed by atoms with Gasteiger partial charge in [-0.1, -0.05) is 0 Å². The number of fused-ring (bicyclic) bond motifs is 2. The Balaban J connectivity index is 1.68. The monoisotopic (exact) mass is 454 g/mol. The maximum atomic E-state index is 2.53. The van der Waals surface area contributed by atoms with E-state index in [1.165, 1.54) is 64.2 Å². The van der Waals surface area contributed by atoms with E-state index in [1.54, 1.807) is 28.2 Å². The molecule has 0 aliphatic rings. The van der Waals surface area contributed by atoms with Crippen molar-refractivity contribution < 1.29 is 0 Å². The van der Waals surface area contributed by atoms with E-state index in [9.17, 15) is 0 Å². The van der Waals surface area contributed by atoms with Crippen LogP contribution >= 0.6 is 0 Å². The van der Waals surface area contributed by atoms with E-state index in [-0.39, 0.29) is 0 Å². The average molecular weight is 452 g/mol. The van der Waals surface area contributed by atoms with Crippen molar-refractivity contribution in [3.63, 3.8) is 0 Å². The summed E-state index contributed by atoms with van der Waals surface area (Å²) in [5.41, 5.74) is 0. The standard InChI is InChI=1S/C22H30Se2/c1-3-5-7-9-11-19-13-17-15-22-18(16-21(17)23-19)14-20(24-22)12-10-8-6-4-2/h13-16H,3-12H2,1-2H3. The Morgan fingerprint density at radius 1 is 0.583 bits per heavy atom. The van der Waals surface area contributed by atoms with Crippen molar-refractivity contribution in [2.45, 2.75) is 78.1 Å². The van der Waals surface area contributed by atoms with Crippen LogP contribution in [0.5, 0.6) is 0 Å². The molecule has 1 aromatic carbocycles. The zero-order valence-corrected chi connectivity index (χ0v) is 18.6. The molecule has 0 aliphatic carbocycles. The van der Waals surface area contributed by atoms with Crippen LogP contribution in [-0.2, 0) is 12.8 Å². The molecule has 0 atom stereocenters. The van der Waals surface area contributed by atoms with Gasteiger partial charge in [0.05, 0.1) is 0 Å². The fraction of sp³-hybridized carbons (Fsp3) is 0.545. The van der Waals surface area contributed by atoms with E-state index < -0.39 is 0 Å². The first-order valence-corrected chi connectivity index (χ1v) is 13.2. The number of aryl methyl sites for hydroxylation is 2.